The lowest BCUT2D eigenvalue weighted by Crippen LogP contribution is -2.61. The third-order valence-corrected chi connectivity index (χ3v) is 6.65. The Labute approximate surface area is 151 Å². The minimum Gasteiger partial charge on any atom is -0.336 e. The van der Waals surface area contributed by atoms with Gasteiger partial charge in [-0.2, -0.15) is 0 Å². The van der Waals surface area contributed by atoms with E-state index >= 15 is 0 Å². The SMILES string of the molecule is CC(C)CN1CCN(C(=O)Cc2c[nH]c(=O)[nH]c2=O)[C@H]2CS(=O)(=O)C[C@H]21. The Kier molecular flexibility index (Phi) is 5.07. The van der Waals surface area contributed by atoms with Crippen LogP contribution in [0.2, 0.25) is 0 Å². The summed E-state index contributed by atoms with van der Waals surface area (Å²) in [6, 6.07) is -0.587. The van der Waals surface area contributed by atoms with Gasteiger partial charge in [0, 0.05) is 37.4 Å². The molecule has 144 valence electrons. The predicted molar refractivity (Wildman–Crippen MR) is 95.7 cm³/mol. The summed E-state index contributed by atoms with van der Waals surface area (Å²) in [6.07, 6.45) is 1.07. The maximum atomic E-state index is 12.8. The number of nitrogens with zero attached hydrogens (tertiary/aromatic N) is 2. The largest absolute Gasteiger partial charge is 0.336 e. The number of aromatic amines is 2. The molecular weight excluding hydrogens is 360 g/mol. The molecule has 1 aromatic heterocycles. The zero-order chi connectivity index (χ0) is 19.1. The van der Waals surface area contributed by atoms with E-state index in [0.717, 1.165) is 6.54 Å². The number of piperazine rings is 1. The van der Waals surface area contributed by atoms with Gasteiger partial charge < -0.3 is 9.88 Å². The van der Waals surface area contributed by atoms with E-state index in [9.17, 15) is 22.8 Å². The summed E-state index contributed by atoms with van der Waals surface area (Å²) in [5, 5.41) is 0. The summed E-state index contributed by atoms with van der Waals surface area (Å²) in [7, 11) is -3.20. The van der Waals surface area contributed by atoms with E-state index in [2.05, 4.69) is 28.7 Å². The molecule has 0 spiro atoms. The monoisotopic (exact) mass is 384 g/mol. The van der Waals surface area contributed by atoms with Gasteiger partial charge in [-0.1, -0.05) is 13.8 Å². The highest BCUT2D eigenvalue weighted by Crippen LogP contribution is 2.28. The molecule has 0 unspecified atom stereocenters. The first-order valence-electron chi connectivity index (χ1n) is 8.71. The number of hydrogen-bond acceptors (Lipinski definition) is 6. The maximum Gasteiger partial charge on any atom is 0.325 e. The van der Waals surface area contributed by atoms with Gasteiger partial charge in [0.05, 0.1) is 24.0 Å². The van der Waals surface area contributed by atoms with Gasteiger partial charge in [0.2, 0.25) is 5.91 Å². The van der Waals surface area contributed by atoms with Crippen LogP contribution < -0.4 is 11.2 Å². The van der Waals surface area contributed by atoms with Crippen molar-refractivity contribution >= 4 is 15.7 Å². The second kappa shape index (κ2) is 6.99. The molecule has 2 saturated heterocycles. The molecule has 9 nitrogen and oxygen atoms in total. The number of amides is 1. The van der Waals surface area contributed by atoms with Crippen molar-refractivity contribution in [3.05, 3.63) is 32.6 Å². The molecule has 0 radical (unpaired) electrons. The Bertz CT molecular complexity index is 904. The van der Waals surface area contributed by atoms with E-state index in [1.807, 2.05) is 0 Å². The van der Waals surface area contributed by atoms with Crippen LogP contribution in [-0.2, 0) is 21.1 Å². The Morgan fingerprint density at radius 2 is 1.92 bits per heavy atom. The Hall–Kier alpha value is -1.94. The molecule has 3 rings (SSSR count). The van der Waals surface area contributed by atoms with Crippen LogP contribution in [0.3, 0.4) is 0 Å². The molecular formula is C16H24N4O5S. The van der Waals surface area contributed by atoms with Crippen LogP contribution in [-0.4, -0.2) is 77.3 Å². The molecule has 2 N–H and O–H groups in total. The van der Waals surface area contributed by atoms with Crippen molar-refractivity contribution in [1.82, 2.24) is 19.8 Å². The Balaban J connectivity index is 1.80. The minimum absolute atomic E-state index is 0.0417. The van der Waals surface area contributed by atoms with E-state index in [1.165, 1.54) is 6.20 Å². The molecule has 1 amide bonds. The fourth-order valence-electron chi connectivity index (χ4n) is 3.86. The summed E-state index contributed by atoms with van der Waals surface area (Å²) >= 11 is 0. The molecule has 0 saturated carbocycles. The van der Waals surface area contributed by atoms with Crippen molar-refractivity contribution < 1.29 is 13.2 Å². The number of fused-ring (bicyclic) bond motifs is 1. The van der Waals surface area contributed by atoms with Gasteiger partial charge in [0.1, 0.15) is 0 Å². The van der Waals surface area contributed by atoms with Crippen molar-refractivity contribution in [2.45, 2.75) is 32.4 Å². The fraction of sp³-hybridized carbons (Fsp3) is 0.688. The molecule has 3 heterocycles. The number of aromatic nitrogens is 2. The lowest BCUT2D eigenvalue weighted by atomic mass is 10.0. The molecule has 10 heteroatoms. The summed E-state index contributed by atoms with van der Waals surface area (Å²) in [4.78, 5) is 43.9. The number of rotatable bonds is 4. The van der Waals surface area contributed by atoms with Gasteiger partial charge in [-0.25, -0.2) is 13.2 Å². The molecule has 0 aromatic carbocycles. The molecule has 2 aliphatic rings. The predicted octanol–water partition coefficient (Wildman–Crippen LogP) is -1.43. The van der Waals surface area contributed by atoms with Crippen LogP contribution in [0.4, 0.5) is 0 Å². The van der Waals surface area contributed by atoms with E-state index < -0.39 is 21.1 Å². The number of carbonyl (C=O) groups is 1. The lowest BCUT2D eigenvalue weighted by Gasteiger charge is -2.44. The summed E-state index contributed by atoms with van der Waals surface area (Å²) < 4.78 is 24.4. The summed E-state index contributed by atoms with van der Waals surface area (Å²) in [5.74, 6) is 0.132. The molecule has 0 bridgehead atoms. The van der Waals surface area contributed by atoms with Gasteiger partial charge in [-0.15, -0.1) is 0 Å². The van der Waals surface area contributed by atoms with Crippen LogP contribution in [0.1, 0.15) is 19.4 Å². The van der Waals surface area contributed by atoms with Gasteiger partial charge in [-0.05, 0) is 5.92 Å². The maximum absolute atomic E-state index is 12.8. The zero-order valence-corrected chi connectivity index (χ0v) is 15.7. The van der Waals surface area contributed by atoms with E-state index in [-0.39, 0.29) is 41.5 Å². The van der Waals surface area contributed by atoms with Gasteiger partial charge in [-0.3, -0.25) is 19.5 Å². The first-order chi connectivity index (χ1) is 12.2. The van der Waals surface area contributed by atoms with Crippen molar-refractivity contribution in [2.75, 3.05) is 31.1 Å². The van der Waals surface area contributed by atoms with E-state index in [1.54, 1.807) is 4.90 Å². The highest BCUT2D eigenvalue weighted by molar-refractivity contribution is 7.91. The molecule has 2 aliphatic heterocycles. The standard InChI is InChI=1S/C16H24N4O5S/c1-10(2)7-19-3-4-20(13-9-26(24,25)8-12(13)19)14(21)5-11-6-17-16(23)18-15(11)22/h6,10,12-13H,3-5,7-9H2,1-2H3,(H2,17,18,22,23)/t12-,13+/m1/s1. The van der Waals surface area contributed by atoms with E-state index in [4.69, 9.17) is 0 Å². The van der Waals surface area contributed by atoms with Crippen LogP contribution in [0.25, 0.3) is 0 Å². The third-order valence-electron chi connectivity index (χ3n) is 4.95. The number of sulfone groups is 1. The van der Waals surface area contributed by atoms with Gasteiger partial charge in [0.15, 0.2) is 9.84 Å². The highest BCUT2D eigenvalue weighted by Gasteiger charge is 2.47. The fourth-order valence-corrected chi connectivity index (χ4v) is 5.88. The number of nitrogens with one attached hydrogen (secondary N) is 2. The summed E-state index contributed by atoms with van der Waals surface area (Å²) in [6.45, 7) is 6.00. The van der Waals surface area contributed by atoms with Crippen molar-refractivity contribution in [3.63, 3.8) is 0 Å². The minimum atomic E-state index is -3.20. The summed E-state index contributed by atoms with van der Waals surface area (Å²) in [5.41, 5.74) is -1.07. The quantitative estimate of drug-likeness (QED) is 0.656. The molecule has 1 aromatic rings. The number of hydrogen-bond donors (Lipinski definition) is 2. The van der Waals surface area contributed by atoms with Crippen LogP contribution in [0.5, 0.6) is 0 Å². The molecule has 2 atom stereocenters. The zero-order valence-electron chi connectivity index (χ0n) is 14.9. The van der Waals surface area contributed by atoms with Crippen molar-refractivity contribution in [3.8, 4) is 0 Å². The van der Waals surface area contributed by atoms with Crippen LogP contribution >= 0.6 is 0 Å². The van der Waals surface area contributed by atoms with Gasteiger partial charge >= 0.3 is 5.69 Å². The van der Waals surface area contributed by atoms with E-state index in [0.29, 0.717) is 19.0 Å². The average Bonchev–Trinajstić information content (AvgIpc) is 2.85. The highest BCUT2D eigenvalue weighted by atomic mass is 32.2. The molecule has 26 heavy (non-hydrogen) atoms. The molecule has 2 fully saturated rings. The Morgan fingerprint density at radius 3 is 2.58 bits per heavy atom. The van der Waals surface area contributed by atoms with Crippen LogP contribution in [0.15, 0.2) is 15.8 Å². The van der Waals surface area contributed by atoms with Gasteiger partial charge in [0.25, 0.3) is 5.56 Å². The second-order valence-corrected chi connectivity index (χ2v) is 9.62. The van der Waals surface area contributed by atoms with Crippen molar-refractivity contribution in [2.24, 2.45) is 5.92 Å². The number of H-pyrrole nitrogens is 2. The first kappa shape index (κ1) is 18.8. The van der Waals surface area contributed by atoms with Crippen LogP contribution in [0, 0.1) is 5.92 Å². The number of carbonyl (C=O) groups excluding carboxylic acids is 1. The lowest BCUT2D eigenvalue weighted by molar-refractivity contribution is -0.136. The third kappa shape index (κ3) is 3.90. The molecule has 0 aliphatic carbocycles. The Morgan fingerprint density at radius 1 is 1.23 bits per heavy atom. The smallest absolute Gasteiger partial charge is 0.325 e. The first-order valence-corrected chi connectivity index (χ1v) is 10.5. The topological polar surface area (TPSA) is 123 Å². The van der Waals surface area contributed by atoms with Crippen molar-refractivity contribution in [1.29, 1.82) is 0 Å². The second-order valence-electron chi connectivity index (χ2n) is 7.46. The normalized spacial score (nSPS) is 25.4. The average molecular weight is 384 g/mol.